The Hall–Kier alpha value is -2.51. The highest BCUT2D eigenvalue weighted by atomic mass is 16.5. The van der Waals surface area contributed by atoms with Crippen LogP contribution < -0.4 is 10.6 Å². The Labute approximate surface area is 122 Å². The molecule has 0 fully saturated rings. The van der Waals surface area contributed by atoms with E-state index in [2.05, 4.69) is 30.7 Å². The molecule has 2 heterocycles. The number of amides is 1. The van der Waals surface area contributed by atoms with Crippen LogP contribution in [0, 0.1) is 6.92 Å². The van der Waals surface area contributed by atoms with Crippen LogP contribution in [0.3, 0.4) is 0 Å². The van der Waals surface area contributed by atoms with Gasteiger partial charge in [0.1, 0.15) is 5.82 Å². The van der Waals surface area contributed by atoms with E-state index in [0.717, 1.165) is 0 Å². The number of carbonyl (C=O) groups excluding carboxylic acids is 1. The highest BCUT2D eigenvalue weighted by Gasteiger charge is 2.16. The van der Waals surface area contributed by atoms with Gasteiger partial charge in [0.2, 0.25) is 5.89 Å². The third-order valence-corrected chi connectivity index (χ3v) is 2.78. The van der Waals surface area contributed by atoms with Crippen molar-refractivity contribution in [2.75, 3.05) is 12.4 Å². The second-order valence-electron chi connectivity index (χ2n) is 4.81. The number of aromatic nitrogens is 4. The molecule has 21 heavy (non-hydrogen) atoms. The maximum Gasteiger partial charge on any atom is 0.272 e. The molecule has 0 bridgehead atoms. The highest BCUT2D eigenvalue weighted by molar-refractivity contribution is 5.97. The Morgan fingerprint density at radius 2 is 2.14 bits per heavy atom. The number of hydrogen-bond donors (Lipinski definition) is 2. The van der Waals surface area contributed by atoms with Gasteiger partial charge < -0.3 is 15.2 Å². The summed E-state index contributed by atoms with van der Waals surface area (Å²) in [6.07, 6.45) is 1.61. The molecule has 0 spiro atoms. The van der Waals surface area contributed by atoms with Gasteiger partial charge >= 0.3 is 0 Å². The molecule has 0 saturated carbocycles. The van der Waals surface area contributed by atoms with Crippen LogP contribution in [0.2, 0.25) is 0 Å². The molecule has 0 aliphatic rings. The van der Waals surface area contributed by atoms with Gasteiger partial charge in [-0.05, 0) is 0 Å². The zero-order valence-corrected chi connectivity index (χ0v) is 12.5. The van der Waals surface area contributed by atoms with Crippen molar-refractivity contribution in [2.24, 2.45) is 0 Å². The number of carbonyl (C=O) groups is 1. The quantitative estimate of drug-likeness (QED) is 0.853. The maximum atomic E-state index is 12.3. The van der Waals surface area contributed by atoms with Crippen molar-refractivity contribution < 1.29 is 9.32 Å². The first kappa shape index (κ1) is 14.9. The summed E-state index contributed by atoms with van der Waals surface area (Å²) in [5.41, 5.74) is 0.873. The minimum absolute atomic E-state index is 0.141. The summed E-state index contributed by atoms with van der Waals surface area (Å²) in [6.45, 7) is 5.81. The van der Waals surface area contributed by atoms with Crippen LogP contribution in [0.4, 0.5) is 5.69 Å². The van der Waals surface area contributed by atoms with Crippen molar-refractivity contribution in [1.82, 2.24) is 25.4 Å². The molecular weight excluding hydrogens is 272 g/mol. The predicted molar refractivity (Wildman–Crippen MR) is 75.9 cm³/mol. The van der Waals surface area contributed by atoms with Crippen molar-refractivity contribution in [3.8, 4) is 0 Å². The number of hydrogen-bond acceptors (Lipinski definition) is 7. The minimum atomic E-state index is -0.314. The molecular formula is C13H18N6O2. The maximum absolute atomic E-state index is 12.3. The van der Waals surface area contributed by atoms with Crippen LogP contribution in [-0.4, -0.2) is 33.1 Å². The van der Waals surface area contributed by atoms with Gasteiger partial charge in [-0.1, -0.05) is 19.0 Å². The van der Waals surface area contributed by atoms with Gasteiger partial charge in [0, 0.05) is 19.9 Å². The topological polar surface area (TPSA) is 106 Å². The van der Waals surface area contributed by atoms with Crippen molar-refractivity contribution in [2.45, 2.75) is 33.2 Å². The Balaban J connectivity index is 2.15. The zero-order chi connectivity index (χ0) is 15.4. The van der Waals surface area contributed by atoms with Crippen LogP contribution in [0.15, 0.2) is 10.7 Å². The molecule has 0 radical (unpaired) electrons. The van der Waals surface area contributed by atoms with Gasteiger partial charge in [0.25, 0.3) is 5.91 Å². The van der Waals surface area contributed by atoms with Gasteiger partial charge in [-0.15, -0.1) is 0 Å². The van der Waals surface area contributed by atoms with Crippen molar-refractivity contribution in [3.05, 3.63) is 29.4 Å². The summed E-state index contributed by atoms with van der Waals surface area (Å²) >= 11 is 0. The van der Waals surface area contributed by atoms with Gasteiger partial charge in [0.15, 0.2) is 11.5 Å². The molecule has 2 aromatic rings. The average Bonchev–Trinajstić information content (AvgIpc) is 2.89. The van der Waals surface area contributed by atoms with Gasteiger partial charge in [-0.3, -0.25) is 4.79 Å². The monoisotopic (exact) mass is 290 g/mol. The fraction of sp³-hybridized carbons (Fsp3) is 0.462. The number of anilines is 1. The molecule has 0 aliphatic heterocycles. The third kappa shape index (κ3) is 3.53. The number of aryl methyl sites for hydroxylation is 1. The lowest BCUT2D eigenvalue weighted by Crippen LogP contribution is -2.26. The molecule has 0 saturated heterocycles. The summed E-state index contributed by atoms with van der Waals surface area (Å²) in [5, 5.41) is 9.35. The highest BCUT2D eigenvalue weighted by Crippen LogP contribution is 2.15. The van der Waals surface area contributed by atoms with Crippen LogP contribution in [0.25, 0.3) is 0 Å². The molecule has 1 amide bonds. The summed E-state index contributed by atoms with van der Waals surface area (Å²) < 4.78 is 4.85. The van der Waals surface area contributed by atoms with Crippen LogP contribution in [0.1, 0.15) is 47.8 Å². The molecule has 2 aromatic heterocycles. The van der Waals surface area contributed by atoms with Gasteiger partial charge in [0.05, 0.1) is 18.4 Å². The molecule has 8 nitrogen and oxygen atoms in total. The summed E-state index contributed by atoms with van der Waals surface area (Å²) in [7, 11) is 1.72. The van der Waals surface area contributed by atoms with E-state index < -0.39 is 0 Å². The van der Waals surface area contributed by atoms with Crippen molar-refractivity contribution in [3.63, 3.8) is 0 Å². The van der Waals surface area contributed by atoms with Gasteiger partial charge in [-0.25, -0.2) is 9.97 Å². The van der Waals surface area contributed by atoms with Crippen LogP contribution in [0.5, 0.6) is 0 Å². The van der Waals surface area contributed by atoms with E-state index in [9.17, 15) is 4.79 Å². The molecule has 0 aliphatic carbocycles. The smallest absolute Gasteiger partial charge is 0.272 e. The Bertz CT molecular complexity index is 637. The number of rotatable bonds is 5. The lowest BCUT2D eigenvalue weighted by atomic mass is 10.2. The fourth-order valence-corrected chi connectivity index (χ4v) is 1.69. The van der Waals surface area contributed by atoms with Crippen LogP contribution in [-0.2, 0) is 6.54 Å². The fourth-order valence-electron chi connectivity index (χ4n) is 1.69. The van der Waals surface area contributed by atoms with Crippen LogP contribution >= 0.6 is 0 Å². The standard InChI is InChI=1S/C13H18N6O2/c1-7(2)12-15-5-9(14-4)11(18-12)13(20)16-6-10-17-8(3)21-19-10/h5,7,14H,6H2,1-4H3,(H,16,20). The number of nitrogens with zero attached hydrogens (tertiary/aromatic N) is 4. The second-order valence-corrected chi connectivity index (χ2v) is 4.81. The second kappa shape index (κ2) is 6.29. The van der Waals surface area contributed by atoms with E-state index in [0.29, 0.717) is 28.9 Å². The van der Waals surface area contributed by atoms with Crippen molar-refractivity contribution >= 4 is 11.6 Å². The molecule has 0 aromatic carbocycles. The summed E-state index contributed by atoms with van der Waals surface area (Å²) in [4.78, 5) is 24.8. The number of nitrogens with one attached hydrogen (secondary N) is 2. The molecule has 0 atom stereocenters. The van der Waals surface area contributed by atoms with E-state index in [1.165, 1.54) is 0 Å². The molecule has 2 N–H and O–H groups in total. The lowest BCUT2D eigenvalue weighted by Gasteiger charge is -2.10. The van der Waals surface area contributed by atoms with E-state index in [1.807, 2.05) is 13.8 Å². The normalized spacial score (nSPS) is 10.7. The zero-order valence-electron chi connectivity index (χ0n) is 12.5. The summed E-state index contributed by atoms with van der Waals surface area (Å²) in [5.74, 6) is 1.33. The lowest BCUT2D eigenvalue weighted by molar-refractivity contribution is 0.0945. The SMILES string of the molecule is CNc1cnc(C(C)C)nc1C(=O)NCc1noc(C)n1. The largest absolute Gasteiger partial charge is 0.385 e. The summed E-state index contributed by atoms with van der Waals surface area (Å²) in [6, 6.07) is 0. The van der Waals surface area contributed by atoms with E-state index in [-0.39, 0.29) is 18.4 Å². The predicted octanol–water partition coefficient (Wildman–Crippen LogP) is 1.26. The first-order chi connectivity index (χ1) is 10.0. The minimum Gasteiger partial charge on any atom is -0.385 e. The first-order valence-electron chi connectivity index (χ1n) is 6.63. The molecule has 0 unspecified atom stereocenters. The molecule has 8 heteroatoms. The van der Waals surface area contributed by atoms with Gasteiger partial charge in [-0.2, -0.15) is 4.98 Å². The first-order valence-corrected chi connectivity index (χ1v) is 6.63. The Kier molecular flexibility index (Phi) is 4.46. The average molecular weight is 290 g/mol. The van der Waals surface area contributed by atoms with E-state index >= 15 is 0 Å². The Morgan fingerprint density at radius 1 is 1.38 bits per heavy atom. The van der Waals surface area contributed by atoms with E-state index in [4.69, 9.17) is 4.52 Å². The molecule has 112 valence electrons. The third-order valence-electron chi connectivity index (χ3n) is 2.78. The molecule has 2 rings (SSSR count). The Morgan fingerprint density at radius 3 is 2.71 bits per heavy atom. The van der Waals surface area contributed by atoms with Crippen molar-refractivity contribution in [1.29, 1.82) is 0 Å². The van der Waals surface area contributed by atoms with E-state index in [1.54, 1.807) is 20.2 Å².